The Kier molecular flexibility index (Phi) is 6.05. The lowest BCUT2D eigenvalue weighted by atomic mass is 9.79. The normalized spacial score (nSPS) is 22.3. The van der Waals surface area contributed by atoms with Crippen LogP contribution in [0, 0.1) is 11.8 Å². The molecule has 106 valence electrons. The third-order valence-electron chi connectivity index (χ3n) is 3.23. The third-order valence-corrected chi connectivity index (χ3v) is 3.23. The highest BCUT2D eigenvalue weighted by molar-refractivity contribution is 5.85. The van der Waals surface area contributed by atoms with Crippen molar-refractivity contribution >= 4 is 17.8 Å². The second-order valence-corrected chi connectivity index (χ2v) is 4.50. The summed E-state index contributed by atoms with van der Waals surface area (Å²) in [6.45, 7) is 3.49. The molecule has 0 saturated heterocycles. The highest BCUT2D eigenvalue weighted by Gasteiger charge is 2.35. The molecule has 6 heteroatoms. The van der Waals surface area contributed by atoms with Gasteiger partial charge in [-0.1, -0.05) is 19.4 Å². The lowest BCUT2D eigenvalue weighted by Gasteiger charge is -2.27. The minimum absolute atomic E-state index is 0.0566. The maximum Gasteiger partial charge on any atom is 0.330 e. The Balaban J connectivity index is 2.36. The lowest BCUT2D eigenvalue weighted by molar-refractivity contribution is -0.149. The second kappa shape index (κ2) is 7.56. The van der Waals surface area contributed by atoms with Gasteiger partial charge in [0.15, 0.2) is 0 Å². The summed E-state index contributed by atoms with van der Waals surface area (Å²) in [5.74, 6) is -2.83. The summed E-state index contributed by atoms with van der Waals surface area (Å²) in [5, 5.41) is 11.7. The molecule has 1 amide bonds. The maximum absolute atomic E-state index is 11.9. The molecule has 6 nitrogen and oxygen atoms in total. The van der Waals surface area contributed by atoms with E-state index in [0.717, 1.165) is 18.9 Å². The van der Waals surface area contributed by atoms with E-state index in [1.54, 1.807) is 0 Å². The summed E-state index contributed by atoms with van der Waals surface area (Å²) in [6.07, 6.45) is 3.89. The molecule has 0 aromatic carbocycles. The summed E-state index contributed by atoms with van der Waals surface area (Å²) >= 11 is 0. The van der Waals surface area contributed by atoms with E-state index in [1.165, 1.54) is 0 Å². The van der Waals surface area contributed by atoms with Crippen LogP contribution in [0.15, 0.2) is 12.7 Å². The van der Waals surface area contributed by atoms with Gasteiger partial charge in [0.05, 0.1) is 18.4 Å². The van der Waals surface area contributed by atoms with Gasteiger partial charge in [-0.2, -0.15) is 0 Å². The molecule has 0 aromatic heterocycles. The van der Waals surface area contributed by atoms with Crippen LogP contribution in [0.4, 0.5) is 0 Å². The monoisotopic (exact) mass is 269 g/mol. The highest BCUT2D eigenvalue weighted by Crippen LogP contribution is 2.30. The maximum atomic E-state index is 11.9. The fourth-order valence-corrected chi connectivity index (χ4v) is 2.26. The molecule has 0 bridgehead atoms. The predicted molar refractivity (Wildman–Crippen MR) is 67.2 cm³/mol. The fourth-order valence-electron chi connectivity index (χ4n) is 2.26. The number of aliphatic carboxylic acids is 1. The number of rotatable bonds is 6. The van der Waals surface area contributed by atoms with Crippen LogP contribution in [0.3, 0.4) is 0 Å². The van der Waals surface area contributed by atoms with Crippen LogP contribution >= 0.6 is 0 Å². The largest absolute Gasteiger partial charge is 0.481 e. The van der Waals surface area contributed by atoms with Gasteiger partial charge >= 0.3 is 11.9 Å². The number of carbonyl (C=O) groups is 3. The van der Waals surface area contributed by atoms with Crippen molar-refractivity contribution in [2.24, 2.45) is 11.8 Å². The van der Waals surface area contributed by atoms with Crippen molar-refractivity contribution in [1.82, 2.24) is 5.32 Å². The minimum Gasteiger partial charge on any atom is -0.481 e. The van der Waals surface area contributed by atoms with E-state index in [9.17, 15) is 14.4 Å². The number of carboxylic acid groups (broad SMARTS) is 1. The molecule has 0 spiro atoms. The van der Waals surface area contributed by atoms with Gasteiger partial charge in [0.25, 0.3) is 0 Å². The standard InChI is InChI=1S/C13H19NO5/c1-2-11(15)19-8-7-14-12(16)9-5-3-4-6-10(9)13(17)18/h2,9-10H,1,3-8H2,(H,14,16)(H,17,18). The Morgan fingerprint density at radius 2 is 1.89 bits per heavy atom. The number of nitrogens with one attached hydrogen (secondary N) is 1. The van der Waals surface area contributed by atoms with E-state index in [4.69, 9.17) is 9.84 Å². The molecule has 1 rings (SSSR count). The first kappa shape index (κ1) is 15.2. The van der Waals surface area contributed by atoms with E-state index in [1.807, 2.05) is 0 Å². The fraction of sp³-hybridized carbons (Fsp3) is 0.615. The number of esters is 1. The van der Waals surface area contributed by atoms with Crippen molar-refractivity contribution < 1.29 is 24.2 Å². The molecular formula is C13H19NO5. The molecule has 1 aliphatic carbocycles. The molecule has 0 aliphatic heterocycles. The second-order valence-electron chi connectivity index (χ2n) is 4.50. The Hall–Kier alpha value is -1.85. The van der Waals surface area contributed by atoms with E-state index >= 15 is 0 Å². The zero-order valence-electron chi connectivity index (χ0n) is 10.8. The Labute approximate surface area is 111 Å². The Bertz CT molecular complexity index is 366. The quantitative estimate of drug-likeness (QED) is 0.421. The number of carbonyl (C=O) groups excluding carboxylic acids is 2. The van der Waals surface area contributed by atoms with Crippen molar-refractivity contribution in [3.63, 3.8) is 0 Å². The van der Waals surface area contributed by atoms with Crippen molar-refractivity contribution in [2.75, 3.05) is 13.2 Å². The molecule has 1 aliphatic rings. The van der Waals surface area contributed by atoms with E-state index in [0.29, 0.717) is 12.8 Å². The molecule has 1 saturated carbocycles. The first-order valence-electron chi connectivity index (χ1n) is 6.36. The van der Waals surface area contributed by atoms with Crippen LogP contribution in [-0.2, 0) is 19.1 Å². The number of amides is 1. The SMILES string of the molecule is C=CC(=O)OCCNC(=O)C1CCCCC1C(=O)O. The number of hydrogen-bond donors (Lipinski definition) is 2. The average molecular weight is 269 g/mol. The highest BCUT2D eigenvalue weighted by atomic mass is 16.5. The zero-order chi connectivity index (χ0) is 14.3. The van der Waals surface area contributed by atoms with Crippen molar-refractivity contribution in [3.05, 3.63) is 12.7 Å². The van der Waals surface area contributed by atoms with Crippen LogP contribution in [0.2, 0.25) is 0 Å². The molecule has 2 N–H and O–H groups in total. The van der Waals surface area contributed by atoms with Gasteiger partial charge in [0, 0.05) is 6.08 Å². The summed E-state index contributed by atoms with van der Waals surface area (Å²) in [5.41, 5.74) is 0. The van der Waals surface area contributed by atoms with Gasteiger partial charge in [-0.3, -0.25) is 9.59 Å². The Morgan fingerprint density at radius 3 is 2.47 bits per heavy atom. The smallest absolute Gasteiger partial charge is 0.330 e. The van der Waals surface area contributed by atoms with Crippen LogP contribution in [-0.4, -0.2) is 36.1 Å². The predicted octanol–water partition coefficient (Wildman–Crippen LogP) is 0.723. The summed E-state index contributed by atoms with van der Waals surface area (Å²) < 4.78 is 4.72. The van der Waals surface area contributed by atoms with Crippen molar-refractivity contribution in [2.45, 2.75) is 25.7 Å². The molecule has 1 fully saturated rings. The molecule has 0 aromatic rings. The van der Waals surface area contributed by atoms with Gasteiger partial charge in [-0.05, 0) is 12.8 Å². The Morgan fingerprint density at radius 1 is 1.26 bits per heavy atom. The zero-order valence-corrected chi connectivity index (χ0v) is 10.8. The van der Waals surface area contributed by atoms with E-state index in [2.05, 4.69) is 11.9 Å². The topological polar surface area (TPSA) is 92.7 Å². The lowest BCUT2D eigenvalue weighted by Crippen LogP contribution is -2.40. The number of hydrogen-bond acceptors (Lipinski definition) is 4. The van der Waals surface area contributed by atoms with Gasteiger partial charge in [0.1, 0.15) is 6.61 Å². The third kappa shape index (κ3) is 4.73. The molecule has 0 heterocycles. The molecule has 0 radical (unpaired) electrons. The first-order valence-corrected chi connectivity index (χ1v) is 6.36. The number of ether oxygens (including phenoxy) is 1. The van der Waals surface area contributed by atoms with Crippen LogP contribution in [0.1, 0.15) is 25.7 Å². The summed E-state index contributed by atoms with van der Waals surface area (Å²) in [7, 11) is 0. The molecular weight excluding hydrogens is 250 g/mol. The van der Waals surface area contributed by atoms with Gasteiger partial charge in [-0.25, -0.2) is 4.79 Å². The van der Waals surface area contributed by atoms with Gasteiger partial charge in [-0.15, -0.1) is 0 Å². The van der Waals surface area contributed by atoms with Crippen LogP contribution in [0.5, 0.6) is 0 Å². The number of carboxylic acids is 1. The van der Waals surface area contributed by atoms with Gasteiger partial charge < -0.3 is 15.2 Å². The van der Waals surface area contributed by atoms with Gasteiger partial charge in [0.2, 0.25) is 5.91 Å². The minimum atomic E-state index is -0.919. The average Bonchev–Trinajstić information content (AvgIpc) is 2.42. The van der Waals surface area contributed by atoms with Crippen molar-refractivity contribution in [3.8, 4) is 0 Å². The molecule has 2 unspecified atom stereocenters. The summed E-state index contributed by atoms with van der Waals surface area (Å²) in [4.78, 5) is 33.7. The van der Waals surface area contributed by atoms with Crippen molar-refractivity contribution in [1.29, 1.82) is 0 Å². The van der Waals surface area contributed by atoms with Crippen LogP contribution in [0.25, 0.3) is 0 Å². The van der Waals surface area contributed by atoms with E-state index in [-0.39, 0.29) is 19.1 Å². The summed E-state index contributed by atoms with van der Waals surface area (Å²) in [6, 6.07) is 0. The van der Waals surface area contributed by atoms with Crippen LogP contribution < -0.4 is 5.32 Å². The van der Waals surface area contributed by atoms with E-state index < -0.39 is 23.8 Å². The first-order chi connectivity index (χ1) is 9.06. The molecule has 19 heavy (non-hydrogen) atoms. The molecule has 2 atom stereocenters.